The van der Waals surface area contributed by atoms with Gasteiger partial charge < -0.3 is 15.3 Å². The largest absolute Gasteiger partial charge is 0.508 e. The van der Waals surface area contributed by atoms with E-state index >= 15 is 0 Å². The number of rotatable bonds is 3. The van der Waals surface area contributed by atoms with E-state index in [1.54, 1.807) is 36.4 Å². The van der Waals surface area contributed by atoms with Gasteiger partial charge in [0.25, 0.3) is 0 Å². The molecule has 148 valence electrons. The third-order valence-electron chi connectivity index (χ3n) is 6.16. The summed E-state index contributed by atoms with van der Waals surface area (Å²) in [7, 11) is 0. The van der Waals surface area contributed by atoms with Crippen LogP contribution in [-0.2, 0) is 10.8 Å². The van der Waals surface area contributed by atoms with Crippen LogP contribution in [0.25, 0.3) is 5.57 Å². The van der Waals surface area contributed by atoms with E-state index in [2.05, 4.69) is 19.9 Å². The molecule has 3 aromatic carbocycles. The van der Waals surface area contributed by atoms with Crippen molar-refractivity contribution >= 4 is 5.57 Å². The van der Waals surface area contributed by atoms with Crippen LogP contribution in [0.2, 0.25) is 0 Å². The molecule has 0 aromatic heterocycles. The topological polar surface area (TPSA) is 60.7 Å². The Balaban J connectivity index is 1.84. The van der Waals surface area contributed by atoms with Crippen molar-refractivity contribution in [1.82, 2.24) is 0 Å². The van der Waals surface area contributed by atoms with Crippen LogP contribution in [0.4, 0.5) is 0 Å². The van der Waals surface area contributed by atoms with Crippen molar-refractivity contribution < 1.29 is 15.3 Å². The van der Waals surface area contributed by atoms with Gasteiger partial charge in [-0.05, 0) is 76.9 Å². The van der Waals surface area contributed by atoms with Crippen molar-refractivity contribution in [1.29, 1.82) is 0 Å². The van der Waals surface area contributed by atoms with E-state index in [9.17, 15) is 15.3 Å². The van der Waals surface area contributed by atoms with Crippen molar-refractivity contribution in [2.45, 2.75) is 37.5 Å². The lowest BCUT2D eigenvalue weighted by Gasteiger charge is -2.44. The normalized spacial score (nSPS) is 24.1. The minimum atomic E-state index is -0.230. The summed E-state index contributed by atoms with van der Waals surface area (Å²) in [4.78, 5) is 0. The zero-order chi connectivity index (χ0) is 20.6. The molecular weight excluding hydrogens is 360 g/mol. The van der Waals surface area contributed by atoms with E-state index in [0.717, 1.165) is 24.0 Å². The maximum atomic E-state index is 9.74. The highest BCUT2D eigenvalue weighted by Crippen LogP contribution is 2.50. The molecule has 3 aromatic rings. The summed E-state index contributed by atoms with van der Waals surface area (Å²) in [5, 5.41) is 29.2. The molecule has 1 aliphatic rings. The molecule has 0 radical (unpaired) electrons. The Morgan fingerprint density at radius 1 is 0.621 bits per heavy atom. The monoisotopic (exact) mass is 386 g/mol. The van der Waals surface area contributed by atoms with E-state index in [1.807, 2.05) is 36.4 Å². The third kappa shape index (κ3) is 3.73. The summed E-state index contributed by atoms with van der Waals surface area (Å²) in [5.74, 6) is 0.786. The first-order valence-electron chi connectivity index (χ1n) is 9.88. The Labute approximate surface area is 171 Å². The van der Waals surface area contributed by atoms with Gasteiger partial charge in [0.15, 0.2) is 0 Å². The number of phenolic OH excluding ortho intramolecular Hbond substituents is 3. The van der Waals surface area contributed by atoms with Gasteiger partial charge in [-0.15, -0.1) is 0 Å². The minimum absolute atomic E-state index is 0.137. The first kappa shape index (κ1) is 19.1. The van der Waals surface area contributed by atoms with Gasteiger partial charge in [-0.3, -0.25) is 0 Å². The second-order valence-corrected chi connectivity index (χ2v) is 8.64. The number of phenols is 3. The molecule has 0 spiro atoms. The Bertz CT molecular complexity index is 1030. The molecule has 2 atom stereocenters. The summed E-state index contributed by atoms with van der Waals surface area (Å²) < 4.78 is 0. The molecule has 2 unspecified atom stereocenters. The number of allylic oxidation sites excluding steroid dienone is 2. The van der Waals surface area contributed by atoms with Crippen LogP contribution in [0, 0.1) is 0 Å². The van der Waals surface area contributed by atoms with E-state index in [1.165, 1.54) is 11.1 Å². The Kier molecular flexibility index (Phi) is 4.62. The Morgan fingerprint density at radius 2 is 1.07 bits per heavy atom. The molecule has 29 heavy (non-hydrogen) atoms. The highest BCUT2D eigenvalue weighted by molar-refractivity contribution is 5.71. The molecule has 0 heterocycles. The Morgan fingerprint density at radius 3 is 1.59 bits per heavy atom. The van der Waals surface area contributed by atoms with Crippen LogP contribution in [0.5, 0.6) is 17.2 Å². The van der Waals surface area contributed by atoms with Crippen LogP contribution < -0.4 is 0 Å². The third-order valence-corrected chi connectivity index (χ3v) is 6.16. The van der Waals surface area contributed by atoms with Gasteiger partial charge in [0, 0.05) is 5.41 Å². The van der Waals surface area contributed by atoms with Crippen LogP contribution >= 0.6 is 0 Å². The van der Waals surface area contributed by atoms with Gasteiger partial charge in [-0.1, -0.05) is 56.3 Å². The van der Waals surface area contributed by atoms with Crippen LogP contribution in [-0.4, -0.2) is 15.3 Å². The van der Waals surface area contributed by atoms with Crippen LogP contribution in [0.1, 0.15) is 43.4 Å². The quantitative estimate of drug-likeness (QED) is 0.525. The van der Waals surface area contributed by atoms with E-state index < -0.39 is 0 Å². The number of hydrogen-bond acceptors (Lipinski definition) is 3. The predicted molar refractivity (Wildman–Crippen MR) is 116 cm³/mol. The zero-order valence-electron chi connectivity index (χ0n) is 16.8. The van der Waals surface area contributed by atoms with E-state index in [0.29, 0.717) is 0 Å². The second kappa shape index (κ2) is 7.00. The van der Waals surface area contributed by atoms with Gasteiger partial charge in [0.1, 0.15) is 17.2 Å². The summed E-state index contributed by atoms with van der Waals surface area (Å²) in [6.45, 7) is 4.50. The van der Waals surface area contributed by atoms with Crippen molar-refractivity contribution in [3.8, 4) is 17.2 Å². The Hall–Kier alpha value is -3.20. The second-order valence-electron chi connectivity index (χ2n) is 8.64. The molecule has 0 saturated carbocycles. The van der Waals surface area contributed by atoms with Crippen molar-refractivity contribution in [2.24, 2.45) is 0 Å². The minimum Gasteiger partial charge on any atom is -0.508 e. The number of aromatic hydroxyl groups is 3. The molecule has 3 heteroatoms. The SMILES string of the molecule is CC1(c2ccc(O)cc2)C=C(c2ccc(O)cc2)CC(C)(c2ccc(O)cc2)C1. The first-order valence-corrected chi connectivity index (χ1v) is 9.88. The molecular formula is C26H26O3. The molecule has 1 aliphatic carbocycles. The molecule has 0 aliphatic heterocycles. The highest BCUT2D eigenvalue weighted by Gasteiger charge is 2.41. The fourth-order valence-corrected chi connectivity index (χ4v) is 4.74. The van der Waals surface area contributed by atoms with Gasteiger partial charge in [-0.2, -0.15) is 0 Å². The summed E-state index contributed by atoms with van der Waals surface area (Å²) >= 11 is 0. The fraction of sp³-hybridized carbons (Fsp3) is 0.231. The van der Waals surface area contributed by atoms with Crippen LogP contribution in [0.15, 0.2) is 78.9 Å². The number of hydrogen-bond donors (Lipinski definition) is 3. The molecule has 0 fully saturated rings. The smallest absolute Gasteiger partial charge is 0.115 e. The maximum absolute atomic E-state index is 9.74. The van der Waals surface area contributed by atoms with Crippen molar-refractivity contribution in [2.75, 3.05) is 0 Å². The van der Waals surface area contributed by atoms with Gasteiger partial charge >= 0.3 is 0 Å². The summed E-state index contributed by atoms with van der Waals surface area (Å²) in [6.07, 6.45) is 4.08. The van der Waals surface area contributed by atoms with Gasteiger partial charge in [0.2, 0.25) is 0 Å². The fourth-order valence-electron chi connectivity index (χ4n) is 4.74. The van der Waals surface area contributed by atoms with Gasteiger partial charge in [0.05, 0.1) is 0 Å². The molecule has 3 nitrogen and oxygen atoms in total. The average Bonchev–Trinajstić information content (AvgIpc) is 2.68. The summed E-state index contributed by atoms with van der Waals surface area (Å²) in [6, 6.07) is 22.3. The zero-order valence-corrected chi connectivity index (χ0v) is 16.8. The highest BCUT2D eigenvalue weighted by atomic mass is 16.3. The van der Waals surface area contributed by atoms with Crippen molar-refractivity contribution in [3.05, 3.63) is 95.6 Å². The van der Waals surface area contributed by atoms with Crippen LogP contribution in [0.3, 0.4) is 0 Å². The molecule has 0 amide bonds. The lowest BCUT2D eigenvalue weighted by molar-refractivity contribution is 0.340. The van der Waals surface area contributed by atoms with Crippen molar-refractivity contribution in [3.63, 3.8) is 0 Å². The molecule has 0 saturated heterocycles. The van der Waals surface area contributed by atoms with E-state index in [4.69, 9.17) is 0 Å². The average molecular weight is 386 g/mol. The molecule has 3 N–H and O–H groups in total. The lowest BCUT2D eigenvalue weighted by Crippen LogP contribution is -2.37. The number of benzene rings is 3. The lowest BCUT2D eigenvalue weighted by atomic mass is 9.59. The maximum Gasteiger partial charge on any atom is 0.115 e. The first-order chi connectivity index (χ1) is 13.8. The predicted octanol–water partition coefficient (Wildman–Crippen LogP) is 5.90. The standard InChI is InChI=1S/C26H26O3/c1-25(20-5-11-23(28)12-6-20)15-19(18-3-9-22(27)10-4-18)16-26(2,17-25)21-7-13-24(29)14-8-21/h3-15,27-29H,16-17H2,1-2H3. The molecule has 0 bridgehead atoms. The van der Waals surface area contributed by atoms with E-state index in [-0.39, 0.29) is 28.1 Å². The summed E-state index contributed by atoms with van der Waals surface area (Å²) in [5.41, 5.74) is 4.29. The van der Waals surface area contributed by atoms with Gasteiger partial charge in [-0.25, -0.2) is 0 Å². The molecule has 4 rings (SSSR count).